The molecule has 0 aromatic heterocycles. The van der Waals surface area contributed by atoms with Gasteiger partial charge in [0.15, 0.2) is 20.2 Å². The molecule has 19 heteroatoms. The maximum Gasteiger partial charge on any atom is 0.330 e. The minimum Gasteiger partial charge on any atom is -0.466 e. The van der Waals surface area contributed by atoms with E-state index in [0.717, 1.165) is 30.9 Å². The number of carbonyl (C=O) groups excluding carboxylic acids is 6. The minimum absolute atomic E-state index is 0.0623. The quantitative estimate of drug-likeness (QED) is 0.0216. The first kappa shape index (κ1) is 67.5. The van der Waals surface area contributed by atoms with E-state index < -0.39 is 97.2 Å². The smallest absolute Gasteiger partial charge is 0.330 e. The number of esters is 5. The van der Waals surface area contributed by atoms with Crippen LogP contribution in [0.4, 0.5) is 0 Å². The molecule has 1 aromatic rings. The maximum absolute atomic E-state index is 14.7. The van der Waals surface area contributed by atoms with Crippen LogP contribution in [0.2, 0.25) is 18.1 Å². The van der Waals surface area contributed by atoms with Crippen LogP contribution in [0.5, 0.6) is 0 Å². The third-order valence-corrected chi connectivity index (χ3v) is 21.0. The second-order valence-corrected chi connectivity index (χ2v) is 29.9. The molecule has 2 aliphatic heterocycles. The van der Waals surface area contributed by atoms with Crippen LogP contribution in [0.1, 0.15) is 153 Å². The molecule has 4 rings (SSSR count). The molecule has 1 unspecified atom stereocenters. The van der Waals surface area contributed by atoms with Gasteiger partial charge < -0.3 is 52.2 Å². The highest BCUT2D eigenvalue weighted by Crippen LogP contribution is 2.49. The minimum atomic E-state index is -2.72. The molecule has 3 aliphatic rings. The highest BCUT2D eigenvalue weighted by Gasteiger charge is 2.58. The molecule has 446 valence electrons. The number of halogens is 1. The second kappa shape index (κ2) is 29.3. The largest absolute Gasteiger partial charge is 0.466 e. The number of hydrogen-bond acceptors (Lipinski definition) is 17. The van der Waals surface area contributed by atoms with Gasteiger partial charge in [0.1, 0.15) is 24.4 Å². The van der Waals surface area contributed by atoms with Gasteiger partial charge in [-0.3, -0.25) is 24.0 Å². The topological polar surface area (TPSA) is 215 Å². The highest BCUT2D eigenvalue weighted by atomic mass is 35.5. The van der Waals surface area contributed by atoms with Gasteiger partial charge in [-0.25, -0.2) is 4.79 Å². The zero-order valence-corrected chi connectivity index (χ0v) is 51.5. The van der Waals surface area contributed by atoms with E-state index in [4.69, 9.17) is 58.7 Å². The fourth-order valence-corrected chi connectivity index (χ4v) is 11.8. The van der Waals surface area contributed by atoms with Crippen molar-refractivity contribution in [1.29, 1.82) is 0 Å². The monoisotopic (exact) mass is 1150 g/mol. The van der Waals surface area contributed by atoms with E-state index in [1.807, 2.05) is 78.0 Å². The van der Waals surface area contributed by atoms with Crippen molar-refractivity contribution in [3.05, 3.63) is 59.7 Å². The summed E-state index contributed by atoms with van der Waals surface area (Å²) in [6, 6.07) is 9.40. The van der Waals surface area contributed by atoms with Crippen molar-refractivity contribution in [3.8, 4) is 0 Å². The summed E-state index contributed by atoms with van der Waals surface area (Å²) in [4.78, 5) is 79.2. The summed E-state index contributed by atoms with van der Waals surface area (Å²) < 4.78 is 62.5. The van der Waals surface area contributed by atoms with Crippen molar-refractivity contribution < 1.29 is 80.9 Å². The molecule has 1 N–H and O–H groups in total. The lowest BCUT2D eigenvalue weighted by Crippen LogP contribution is -2.62. The molecule has 0 radical (unpaired) electrons. The molecule has 2 saturated heterocycles. The third kappa shape index (κ3) is 19.0. The van der Waals surface area contributed by atoms with Crippen LogP contribution >= 0.6 is 11.6 Å². The van der Waals surface area contributed by atoms with Crippen LogP contribution in [-0.4, -0.2) is 130 Å². The van der Waals surface area contributed by atoms with E-state index in [1.54, 1.807) is 27.7 Å². The normalized spacial score (nSPS) is 26.3. The summed E-state index contributed by atoms with van der Waals surface area (Å²) in [5.74, 6) is -6.11. The predicted molar refractivity (Wildman–Crippen MR) is 300 cm³/mol. The Hall–Kier alpha value is -4.01. The molecule has 2 heterocycles. The maximum atomic E-state index is 14.7. The molecular formula is C60H93ClO17Si. The fourth-order valence-electron chi connectivity index (χ4n) is 10.4. The van der Waals surface area contributed by atoms with E-state index in [9.17, 15) is 33.9 Å². The summed E-state index contributed by atoms with van der Waals surface area (Å²) in [7, 11) is -1.54. The Morgan fingerprint density at radius 3 is 2.14 bits per heavy atom. The number of carbonyl (C=O) groups is 6. The van der Waals surface area contributed by atoms with Gasteiger partial charge in [-0.05, 0) is 73.4 Å². The van der Waals surface area contributed by atoms with Gasteiger partial charge in [0.2, 0.25) is 5.79 Å². The molecule has 17 nitrogen and oxygen atoms in total. The summed E-state index contributed by atoms with van der Waals surface area (Å²) in [6.45, 7) is 27.5. The van der Waals surface area contributed by atoms with Crippen molar-refractivity contribution in [3.63, 3.8) is 0 Å². The van der Waals surface area contributed by atoms with Gasteiger partial charge in [0, 0.05) is 48.5 Å². The molecule has 0 amide bonds. The van der Waals surface area contributed by atoms with Gasteiger partial charge in [-0.1, -0.05) is 119 Å². The summed E-state index contributed by atoms with van der Waals surface area (Å²) >= 11 is 5.84. The Kier molecular flexibility index (Phi) is 25.0. The lowest BCUT2D eigenvalue weighted by atomic mass is 9.72. The van der Waals surface area contributed by atoms with Crippen LogP contribution in [0, 0.1) is 28.6 Å². The zero-order chi connectivity index (χ0) is 59.1. The SMILES string of the molecule is CCC(=O)O[C@H]1/C(=C/C(=O)OC)C[C@@H](C[C@@H](OC(=O)C[C@H](CC(=O)O[C@@H](C[C@@H]2CCOC3(C[C@H](C)CC[C@H]3C(C)C)O2)C(C)(C)COC(=O)CCl)O[Si](C)(C)C(C)(C)C)[C@H](C)OCc2ccccc2)O[C@@]1(O)C(C)(C)/C=C/C=O. The lowest BCUT2D eigenvalue weighted by Gasteiger charge is -2.52. The first-order chi connectivity index (χ1) is 36.8. The van der Waals surface area contributed by atoms with E-state index in [2.05, 4.69) is 20.8 Å². The van der Waals surface area contributed by atoms with E-state index in [1.165, 1.54) is 19.3 Å². The molecule has 0 bridgehead atoms. The number of ether oxygens (including phenoxy) is 9. The summed E-state index contributed by atoms with van der Waals surface area (Å²) in [6.07, 6.45) is 0.248. The van der Waals surface area contributed by atoms with Gasteiger partial charge in [0.25, 0.3) is 0 Å². The summed E-state index contributed by atoms with van der Waals surface area (Å²) in [5.41, 5.74) is -1.34. The highest BCUT2D eigenvalue weighted by molar-refractivity contribution is 6.74. The standard InChI is InChI=1S/C60H93ClO17Si/c1-16-50(63)75-55-43(30-51(64)69-13)29-45(77-60(55,68)58(11,12)26-20-27-62)31-48(41(5)70-37-42-21-18-17-19-22-42)73-52(65)33-46(78-79(14,15)56(6,7)8)34-53(66)74-49(57(9,10)38-71-54(67)36-61)32-44-25-28-72-59(76-44)35-40(4)23-24-47(59)39(2)3/h17-22,26-27,30,39-41,44-49,55,68H,16,23-25,28-29,31-38H2,1-15H3/b26-20+,43-30+/t40-,41+,44+,45+,46-,47+,48-,49+,55+,59?,60-/m1/s1. The molecular weight excluding hydrogens is 1060 g/mol. The molecule has 1 aromatic carbocycles. The van der Waals surface area contributed by atoms with Crippen molar-refractivity contribution in [2.45, 2.75) is 226 Å². The van der Waals surface area contributed by atoms with Crippen LogP contribution in [0.3, 0.4) is 0 Å². The second-order valence-electron chi connectivity index (χ2n) is 24.9. The van der Waals surface area contributed by atoms with Crippen LogP contribution < -0.4 is 0 Å². The van der Waals surface area contributed by atoms with Crippen LogP contribution in [0.15, 0.2) is 54.1 Å². The number of methoxy groups -OCH3 is 1. The van der Waals surface area contributed by atoms with Gasteiger partial charge >= 0.3 is 29.8 Å². The molecule has 11 atom stereocenters. The van der Waals surface area contributed by atoms with Gasteiger partial charge in [-0.15, -0.1) is 11.6 Å². The Balaban J connectivity index is 1.71. The molecule has 3 fully saturated rings. The number of hydrogen-bond donors (Lipinski definition) is 1. The Morgan fingerprint density at radius 1 is 0.886 bits per heavy atom. The Labute approximate surface area is 475 Å². The molecule has 79 heavy (non-hydrogen) atoms. The van der Waals surface area contributed by atoms with Crippen molar-refractivity contribution in [2.75, 3.05) is 26.2 Å². The first-order valence-electron chi connectivity index (χ1n) is 28.1. The first-order valence-corrected chi connectivity index (χ1v) is 31.6. The van der Waals surface area contributed by atoms with Crippen LogP contribution in [0.25, 0.3) is 0 Å². The Morgan fingerprint density at radius 2 is 1.54 bits per heavy atom. The van der Waals surface area contributed by atoms with Gasteiger partial charge in [0.05, 0.1) is 64.2 Å². The van der Waals surface area contributed by atoms with Crippen molar-refractivity contribution in [2.24, 2.45) is 28.6 Å². The zero-order valence-electron chi connectivity index (χ0n) is 49.7. The van der Waals surface area contributed by atoms with E-state index >= 15 is 0 Å². The average molecular weight is 1150 g/mol. The number of benzene rings is 1. The van der Waals surface area contributed by atoms with Crippen molar-refractivity contribution >= 4 is 56.1 Å². The predicted octanol–water partition coefficient (Wildman–Crippen LogP) is 10.4. The number of aliphatic hydroxyl groups is 1. The number of aldehydes is 1. The fraction of sp³-hybridized carbons (Fsp3) is 0.733. The summed E-state index contributed by atoms with van der Waals surface area (Å²) in [5, 5.41) is 12.3. The van der Waals surface area contributed by atoms with E-state index in [0.29, 0.717) is 31.1 Å². The van der Waals surface area contributed by atoms with Crippen molar-refractivity contribution in [1.82, 2.24) is 0 Å². The third-order valence-electron chi connectivity index (χ3n) is 16.2. The van der Waals surface area contributed by atoms with E-state index in [-0.39, 0.29) is 80.3 Å². The number of allylic oxidation sites excluding steroid dienone is 1. The average Bonchev–Trinajstić information content (AvgIpc) is 3.54. The molecule has 1 spiro atoms. The molecule has 1 saturated carbocycles. The molecule has 1 aliphatic carbocycles. The Bertz CT molecular complexity index is 2240. The number of rotatable bonds is 27. The van der Waals surface area contributed by atoms with Crippen LogP contribution in [-0.2, 0) is 82.4 Å². The number of alkyl halides is 1. The lowest BCUT2D eigenvalue weighted by molar-refractivity contribution is -0.342. The van der Waals surface area contributed by atoms with Gasteiger partial charge in [-0.2, -0.15) is 0 Å².